The number of carbonyl (C=O) groups is 1. The number of aliphatic hydroxyl groups excluding tert-OH is 1. The lowest BCUT2D eigenvalue weighted by atomic mass is 10.1. The largest absolute Gasteiger partial charge is 0.434 e. The molecule has 1 atom stereocenters. The second-order valence-electron chi connectivity index (χ2n) is 4.35. The van der Waals surface area contributed by atoms with Crippen LogP contribution in [0.5, 0.6) is 5.75 Å². The van der Waals surface area contributed by atoms with Gasteiger partial charge in [-0.15, -0.1) is 0 Å². The molecule has 0 radical (unpaired) electrons. The van der Waals surface area contributed by atoms with Crippen molar-refractivity contribution in [3.63, 3.8) is 0 Å². The lowest BCUT2D eigenvalue weighted by Crippen LogP contribution is -2.37. The highest BCUT2D eigenvalue weighted by molar-refractivity contribution is 5.97. The highest BCUT2D eigenvalue weighted by Crippen LogP contribution is 2.25. The first-order valence-electron chi connectivity index (χ1n) is 6.09. The van der Waals surface area contributed by atoms with Crippen LogP contribution in [0.15, 0.2) is 24.3 Å². The highest BCUT2D eigenvalue weighted by atomic mass is 19.3. The van der Waals surface area contributed by atoms with E-state index in [0.717, 1.165) is 12.8 Å². The Labute approximate surface area is 109 Å². The SMILES string of the molecule is O=C(c1ccccc1OC(F)F)N1CCC[C@@H]1CO. The van der Waals surface area contributed by atoms with Crippen molar-refractivity contribution in [1.82, 2.24) is 4.90 Å². The molecule has 0 aromatic heterocycles. The maximum Gasteiger partial charge on any atom is 0.387 e. The summed E-state index contributed by atoms with van der Waals surface area (Å²) >= 11 is 0. The zero-order valence-corrected chi connectivity index (χ0v) is 10.3. The summed E-state index contributed by atoms with van der Waals surface area (Å²) in [5, 5.41) is 9.20. The number of para-hydroxylation sites is 1. The number of likely N-dealkylation sites (tertiary alicyclic amines) is 1. The number of amides is 1. The summed E-state index contributed by atoms with van der Waals surface area (Å²) in [4.78, 5) is 13.8. The summed E-state index contributed by atoms with van der Waals surface area (Å²) in [5.74, 6) is -0.515. The van der Waals surface area contributed by atoms with Gasteiger partial charge in [0.2, 0.25) is 0 Å². The van der Waals surface area contributed by atoms with Crippen molar-refractivity contribution in [3.05, 3.63) is 29.8 Å². The van der Waals surface area contributed by atoms with Gasteiger partial charge in [0, 0.05) is 6.54 Å². The molecule has 0 bridgehead atoms. The van der Waals surface area contributed by atoms with Crippen molar-refractivity contribution >= 4 is 5.91 Å². The van der Waals surface area contributed by atoms with Gasteiger partial charge in [-0.25, -0.2) is 0 Å². The summed E-state index contributed by atoms with van der Waals surface area (Å²) in [6.45, 7) is -2.57. The Kier molecular flexibility index (Phi) is 4.31. The molecule has 1 aliphatic heterocycles. The second kappa shape index (κ2) is 5.97. The first kappa shape index (κ1) is 13.7. The highest BCUT2D eigenvalue weighted by Gasteiger charge is 2.30. The fraction of sp³-hybridized carbons (Fsp3) is 0.462. The molecule has 1 aromatic rings. The molecule has 4 nitrogen and oxygen atoms in total. The molecule has 1 amide bonds. The van der Waals surface area contributed by atoms with Gasteiger partial charge in [-0.2, -0.15) is 8.78 Å². The third-order valence-electron chi connectivity index (χ3n) is 3.18. The van der Waals surface area contributed by atoms with Gasteiger partial charge in [0.15, 0.2) is 0 Å². The van der Waals surface area contributed by atoms with Crippen molar-refractivity contribution in [2.45, 2.75) is 25.5 Å². The van der Waals surface area contributed by atoms with Crippen LogP contribution >= 0.6 is 0 Å². The number of hydrogen-bond acceptors (Lipinski definition) is 3. The van der Waals surface area contributed by atoms with Crippen LogP contribution in [0.25, 0.3) is 0 Å². The summed E-state index contributed by atoms with van der Waals surface area (Å²) in [7, 11) is 0. The van der Waals surface area contributed by atoms with E-state index in [1.165, 1.54) is 23.1 Å². The lowest BCUT2D eigenvalue weighted by molar-refractivity contribution is -0.0503. The molecule has 2 rings (SSSR count). The van der Waals surface area contributed by atoms with Crippen LogP contribution in [0.3, 0.4) is 0 Å². The normalized spacial score (nSPS) is 18.9. The minimum absolute atomic E-state index is 0.100. The van der Waals surface area contributed by atoms with Crippen molar-refractivity contribution < 1.29 is 23.4 Å². The van der Waals surface area contributed by atoms with Gasteiger partial charge >= 0.3 is 6.61 Å². The third kappa shape index (κ3) is 3.01. The molecule has 1 aliphatic rings. The molecular weight excluding hydrogens is 256 g/mol. The van der Waals surface area contributed by atoms with Gasteiger partial charge in [-0.1, -0.05) is 12.1 Å². The Morgan fingerprint density at radius 1 is 1.47 bits per heavy atom. The topological polar surface area (TPSA) is 49.8 Å². The number of rotatable bonds is 4. The van der Waals surface area contributed by atoms with Crippen LogP contribution in [-0.4, -0.2) is 41.7 Å². The number of ether oxygens (including phenoxy) is 1. The number of carbonyl (C=O) groups excluding carboxylic acids is 1. The summed E-state index contributed by atoms with van der Waals surface area (Å²) in [5.41, 5.74) is 0.100. The summed E-state index contributed by atoms with van der Waals surface area (Å²) in [6.07, 6.45) is 1.52. The average Bonchev–Trinajstić information content (AvgIpc) is 2.86. The average molecular weight is 271 g/mol. The minimum atomic E-state index is -2.97. The van der Waals surface area contributed by atoms with Gasteiger partial charge in [0.25, 0.3) is 5.91 Å². The zero-order chi connectivity index (χ0) is 13.8. The standard InChI is InChI=1S/C13H15F2NO3/c14-13(15)19-11-6-2-1-5-10(11)12(18)16-7-3-4-9(16)8-17/h1-2,5-6,9,13,17H,3-4,7-8H2/t9-/m1/s1. The maximum atomic E-state index is 12.3. The van der Waals surface area contributed by atoms with E-state index in [1.54, 1.807) is 6.07 Å². The number of alkyl halides is 2. The second-order valence-corrected chi connectivity index (χ2v) is 4.35. The van der Waals surface area contributed by atoms with Crippen LogP contribution < -0.4 is 4.74 Å². The third-order valence-corrected chi connectivity index (χ3v) is 3.18. The minimum Gasteiger partial charge on any atom is -0.434 e. The molecule has 0 spiro atoms. The number of hydrogen-bond donors (Lipinski definition) is 1. The molecule has 0 unspecified atom stereocenters. The van der Waals surface area contributed by atoms with E-state index >= 15 is 0 Å². The van der Waals surface area contributed by atoms with E-state index in [4.69, 9.17) is 0 Å². The van der Waals surface area contributed by atoms with Gasteiger partial charge in [-0.3, -0.25) is 4.79 Å². The molecule has 0 aliphatic carbocycles. The Hall–Kier alpha value is -1.69. The van der Waals surface area contributed by atoms with Gasteiger partial charge in [0.05, 0.1) is 18.2 Å². The predicted molar refractivity (Wildman–Crippen MR) is 64.2 cm³/mol. The smallest absolute Gasteiger partial charge is 0.387 e. The van der Waals surface area contributed by atoms with E-state index in [2.05, 4.69) is 4.74 Å². The Bertz CT molecular complexity index is 453. The van der Waals surface area contributed by atoms with Crippen molar-refractivity contribution in [2.75, 3.05) is 13.2 Å². The number of benzene rings is 1. The van der Waals surface area contributed by atoms with Crippen molar-refractivity contribution in [3.8, 4) is 5.75 Å². The van der Waals surface area contributed by atoms with Crippen LogP contribution in [0, 0.1) is 0 Å². The van der Waals surface area contributed by atoms with E-state index in [-0.39, 0.29) is 29.9 Å². The van der Waals surface area contributed by atoms with Gasteiger partial charge in [0.1, 0.15) is 5.75 Å². The van der Waals surface area contributed by atoms with Gasteiger partial charge < -0.3 is 14.7 Å². The molecule has 1 N–H and O–H groups in total. The molecule has 1 saturated heterocycles. The maximum absolute atomic E-state index is 12.3. The quantitative estimate of drug-likeness (QED) is 0.909. The number of aliphatic hydroxyl groups is 1. The Balaban J connectivity index is 2.23. The van der Waals surface area contributed by atoms with Crippen LogP contribution in [-0.2, 0) is 0 Å². The first-order chi connectivity index (χ1) is 9.13. The molecule has 1 fully saturated rings. The van der Waals surface area contributed by atoms with Crippen LogP contribution in [0.2, 0.25) is 0 Å². The van der Waals surface area contributed by atoms with Crippen LogP contribution in [0.1, 0.15) is 23.2 Å². The van der Waals surface area contributed by atoms with Crippen LogP contribution in [0.4, 0.5) is 8.78 Å². The Morgan fingerprint density at radius 2 is 2.21 bits per heavy atom. The molecule has 104 valence electrons. The molecule has 1 aromatic carbocycles. The molecule has 0 saturated carbocycles. The fourth-order valence-corrected chi connectivity index (χ4v) is 2.29. The van der Waals surface area contributed by atoms with E-state index in [9.17, 15) is 18.7 Å². The number of nitrogens with zero attached hydrogens (tertiary/aromatic N) is 1. The number of halogens is 2. The fourth-order valence-electron chi connectivity index (χ4n) is 2.29. The molecule has 6 heteroatoms. The summed E-state index contributed by atoms with van der Waals surface area (Å²) in [6, 6.07) is 5.67. The molecule has 19 heavy (non-hydrogen) atoms. The van der Waals surface area contributed by atoms with Crippen molar-refractivity contribution in [1.29, 1.82) is 0 Å². The first-order valence-corrected chi connectivity index (χ1v) is 6.09. The molecular formula is C13H15F2NO3. The van der Waals surface area contributed by atoms with E-state index in [0.29, 0.717) is 6.54 Å². The zero-order valence-electron chi connectivity index (χ0n) is 10.3. The monoisotopic (exact) mass is 271 g/mol. The Morgan fingerprint density at radius 3 is 2.89 bits per heavy atom. The van der Waals surface area contributed by atoms with E-state index in [1.807, 2.05) is 0 Å². The van der Waals surface area contributed by atoms with Gasteiger partial charge in [-0.05, 0) is 25.0 Å². The van der Waals surface area contributed by atoms with E-state index < -0.39 is 6.61 Å². The lowest BCUT2D eigenvalue weighted by Gasteiger charge is -2.24. The molecule has 1 heterocycles. The predicted octanol–water partition coefficient (Wildman–Crippen LogP) is 1.88. The van der Waals surface area contributed by atoms with Crippen molar-refractivity contribution in [2.24, 2.45) is 0 Å². The summed E-state index contributed by atoms with van der Waals surface area (Å²) < 4.78 is 28.9.